The molecular formula is C20H23ClCuN3-2. The Hall–Kier alpha value is -1.87. The summed E-state index contributed by atoms with van der Waals surface area (Å²) in [4.78, 5) is 4.20. The number of pyridine rings is 1. The maximum absolute atomic E-state index is 8.21. The van der Waals surface area contributed by atoms with Crippen LogP contribution in [-0.2, 0) is 21.6 Å². The molecular weight excluding hydrogens is 381 g/mol. The molecule has 25 heavy (non-hydrogen) atoms. The van der Waals surface area contributed by atoms with Gasteiger partial charge in [0, 0.05) is 11.9 Å². The Bertz CT molecular complexity index is 574. The number of benzene rings is 1. The Kier molecular flexibility index (Phi) is 15.7. The van der Waals surface area contributed by atoms with Gasteiger partial charge in [0.15, 0.2) is 0 Å². The van der Waals surface area contributed by atoms with E-state index in [1.807, 2.05) is 60.7 Å². The van der Waals surface area contributed by atoms with Gasteiger partial charge in [0.25, 0.3) is 0 Å². The second kappa shape index (κ2) is 17.0. The van der Waals surface area contributed by atoms with E-state index in [1.165, 1.54) is 5.57 Å². The molecule has 0 N–H and O–H groups in total. The van der Waals surface area contributed by atoms with Gasteiger partial charge in [-0.25, -0.2) is 0 Å². The van der Waals surface area contributed by atoms with Crippen LogP contribution < -0.4 is 0 Å². The molecule has 0 unspecified atom stereocenters. The van der Waals surface area contributed by atoms with Gasteiger partial charge in [-0.3, -0.25) is 4.98 Å². The maximum atomic E-state index is 8.21. The van der Waals surface area contributed by atoms with Crippen molar-refractivity contribution in [2.24, 2.45) is 0 Å². The van der Waals surface area contributed by atoms with Crippen molar-refractivity contribution in [1.29, 1.82) is 0 Å². The van der Waals surface area contributed by atoms with Crippen LogP contribution in [0.4, 0.5) is 5.69 Å². The van der Waals surface area contributed by atoms with Gasteiger partial charge in [0.05, 0.1) is 0 Å². The van der Waals surface area contributed by atoms with Crippen molar-refractivity contribution in [1.82, 2.24) is 4.98 Å². The average molecular weight is 404 g/mol. The standard InChI is InChI=1S/C12H11N2.C8H12N.ClH.Cu/c1-2-6-11(7-3-1)14-10-12-8-4-5-9-13-12;1-3-8(2)6-4-5-7-9;;/h1-9H,10H2;4-7H,3H2,1-2H3;1H;/q2*-1;;+1/p-1/b;5-4-,8-6+;;. The molecule has 5 heteroatoms. The van der Waals surface area contributed by atoms with Gasteiger partial charge in [-0.05, 0) is 25.5 Å². The van der Waals surface area contributed by atoms with Crippen molar-refractivity contribution < 1.29 is 15.1 Å². The number of rotatable bonds is 6. The number of hydrogen-bond donors (Lipinski definition) is 0. The molecule has 0 aliphatic carbocycles. The third-order valence-corrected chi connectivity index (χ3v) is 3.04. The number of nitrogens with zero attached hydrogens (tertiary/aromatic N) is 3. The molecule has 1 aromatic carbocycles. The molecule has 138 valence electrons. The van der Waals surface area contributed by atoms with Crippen molar-refractivity contribution in [3.63, 3.8) is 0 Å². The van der Waals surface area contributed by atoms with Crippen LogP contribution in [0.15, 0.2) is 78.5 Å². The molecule has 2 rings (SSSR count). The Morgan fingerprint density at radius 2 is 1.80 bits per heavy atom. The summed E-state index contributed by atoms with van der Waals surface area (Å²) in [6.45, 7) is 4.80. The van der Waals surface area contributed by atoms with Crippen molar-refractivity contribution in [2.45, 2.75) is 26.8 Å². The fourth-order valence-corrected chi connectivity index (χ4v) is 1.58. The molecule has 0 amide bonds. The van der Waals surface area contributed by atoms with Gasteiger partial charge in [-0.2, -0.15) is 6.21 Å². The van der Waals surface area contributed by atoms with Crippen LogP contribution in [0.3, 0.4) is 0 Å². The Morgan fingerprint density at radius 1 is 1.12 bits per heavy atom. The van der Waals surface area contributed by atoms with Crippen LogP contribution in [0.2, 0.25) is 0 Å². The van der Waals surface area contributed by atoms with Crippen LogP contribution in [0.5, 0.6) is 0 Å². The van der Waals surface area contributed by atoms with Gasteiger partial charge in [-0.1, -0.05) is 73.7 Å². The smallest absolute Gasteiger partial charge is 0.0270 e. The predicted octanol–water partition coefficient (Wildman–Crippen LogP) is 6.51. The minimum absolute atomic E-state index is 0.644. The maximum Gasteiger partial charge on any atom is 0.0270 e. The van der Waals surface area contributed by atoms with Crippen LogP contribution >= 0.6 is 10.1 Å². The summed E-state index contributed by atoms with van der Waals surface area (Å²) < 4.78 is 0. The van der Waals surface area contributed by atoms with Crippen molar-refractivity contribution in [3.05, 3.63) is 94.9 Å². The van der Waals surface area contributed by atoms with Crippen LogP contribution in [-0.4, -0.2) is 11.2 Å². The molecule has 3 nitrogen and oxygen atoms in total. The summed E-state index contributed by atoms with van der Waals surface area (Å²) >= 11 is 3.66. The summed E-state index contributed by atoms with van der Waals surface area (Å²) in [5, 5.41) is 12.6. The molecule has 1 aromatic heterocycles. The molecule has 0 fully saturated rings. The zero-order valence-electron chi connectivity index (χ0n) is 14.4. The zero-order chi connectivity index (χ0) is 18.8. The van der Waals surface area contributed by atoms with E-state index in [9.17, 15) is 0 Å². The summed E-state index contributed by atoms with van der Waals surface area (Å²) in [5.74, 6) is 0. The van der Waals surface area contributed by atoms with Crippen molar-refractivity contribution >= 4 is 22.0 Å². The first kappa shape index (κ1) is 23.1. The van der Waals surface area contributed by atoms with Crippen LogP contribution in [0.1, 0.15) is 26.0 Å². The van der Waals surface area contributed by atoms with Gasteiger partial charge >= 0.3 is 25.2 Å². The zero-order valence-corrected chi connectivity index (χ0v) is 16.1. The Labute approximate surface area is 163 Å². The fraction of sp³-hybridized carbons (Fsp3) is 0.200. The predicted molar refractivity (Wildman–Crippen MR) is 106 cm³/mol. The molecule has 0 aliphatic rings. The van der Waals surface area contributed by atoms with Crippen molar-refractivity contribution in [2.75, 3.05) is 0 Å². The van der Waals surface area contributed by atoms with Crippen molar-refractivity contribution in [3.8, 4) is 0 Å². The number of hydrogen-bond acceptors (Lipinski definition) is 1. The summed E-state index contributed by atoms with van der Waals surface area (Å²) in [6, 6.07) is 15.8. The van der Waals surface area contributed by atoms with Crippen LogP contribution in [0.25, 0.3) is 10.7 Å². The normalized spacial score (nSPS) is 10.2. The molecule has 0 radical (unpaired) electrons. The third kappa shape index (κ3) is 13.1. The van der Waals surface area contributed by atoms with E-state index in [0.29, 0.717) is 6.54 Å². The summed E-state index contributed by atoms with van der Waals surface area (Å²) in [6.07, 6.45) is 9.27. The van der Waals surface area contributed by atoms with E-state index in [4.69, 9.17) is 5.41 Å². The number of halogens is 1. The fourth-order valence-electron chi connectivity index (χ4n) is 1.58. The molecule has 1 heterocycles. The second-order valence-electron chi connectivity index (χ2n) is 4.87. The van der Waals surface area contributed by atoms with Gasteiger partial charge < -0.3 is 10.7 Å². The number of para-hydroxylation sites is 1. The first-order valence-corrected chi connectivity index (χ1v) is 9.09. The number of allylic oxidation sites excluding steroid dienone is 4. The number of aromatic nitrogens is 1. The Morgan fingerprint density at radius 3 is 2.36 bits per heavy atom. The monoisotopic (exact) mass is 403 g/mol. The SMILES string of the molecule is CC/C(C)=C/C=C\C=[N-].[Cl][Cu].c1ccc([N-]Cc2ccccn2)cc1. The van der Waals surface area contributed by atoms with E-state index in [2.05, 4.69) is 49.3 Å². The summed E-state index contributed by atoms with van der Waals surface area (Å²) in [7, 11) is 4.20. The molecule has 0 spiro atoms. The first-order valence-electron chi connectivity index (χ1n) is 7.80. The molecule has 2 aromatic rings. The second-order valence-corrected chi connectivity index (χ2v) is 4.87. The molecule has 0 bridgehead atoms. The van der Waals surface area contributed by atoms with E-state index in [-0.39, 0.29) is 0 Å². The summed E-state index contributed by atoms with van der Waals surface area (Å²) in [5.41, 5.74) is 3.31. The molecule has 0 aliphatic heterocycles. The van der Waals surface area contributed by atoms with Crippen LogP contribution in [0, 0.1) is 0 Å². The van der Waals surface area contributed by atoms with Gasteiger partial charge in [0.2, 0.25) is 0 Å². The van der Waals surface area contributed by atoms with E-state index in [0.717, 1.165) is 24.0 Å². The van der Waals surface area contributed by atoms with E-state index >= 15 is 0 Å². The minimum atomic E-state index is 0.644. The quantitative estimate of drug-likeness (QED) is 0.307. The van der Waals surface area contributed by atoms with E-state index in [1.54, 1.807) is 12.3 Å². The first-order chi connectivity index (χ1) is 12.3. The molecule has 0 saturated carbocycles. The van der Waals surface area contributed by atoms with Gasteiger partial charge in [0.1, 0.15) is 0 Å². The molecule has 0 atom stereocenters. The molecule has 0 saturated heterocycles. The topological polar surface area (TPSA) is 49.3 Å². The third-order valence-electron chi connectivity index (χ3n) is 3.04. The van der Waals surface area contributed by atoms with Gasteiger partial charge in [-0.15, -0.1) is 5.69 Å². The average Bonchev–Trinajstić information content (AvgIpc) is 2.70. The van der Waals surface area contributed by atoms with E-state index < -0.39 is 0 Å². The Balaban J connectivity index is 0.000000458. The largest absolute Gasteiger partial charge is 0.679 e. The minimum Gasteiger partial charge on any atom is -0.679 e.